The Morgan fingerprint density at radius 2 is 2.08 bits per heavy atom. The van der Waals surface area contributed by atoms with Gasteiger partial charge < -0.3 is 20.7 Å². The summed E-state index contributed by atoms with van der Waals surface area (Å²) >= 11 is 0. The SMILES string of the molecule is COCCN1CCN(C(=O)Nc2ccc3[nH]nc(C(N)=O)c3c2)CC1. The van der Waals surface area contributed by atoms with Crippen LogP contribution in [0.15, 0.2) is 18.2 Å². The molecule has 25 heavy (non-hydrogen) atoms. The van der Waals surface area contributed by atoms with E-state index in [1.165, 1.54) is 0 Å². The summed E-state index contributed by atoms with van der Waals surface area (Å²) in [6.07, 6.45) is 0. The van der Waals surface area contributed by atoms with Crippen molar-refractivity contribution in [2.75, 3.05) is 51.8 Å². The third-order valence-corrected chi connectivity index (χ3v) is 4.32. The molecule has 0 aliphatic carbocycles. The monoisotopic (exact) mass is 346 g/mol. The minimum absolute atomic E-state index is 0.158. The van der Waals surface area contributed by atoms with Gasteiger partial charge in [0.2, 0.25) is 0 Å². The summed E-state index contributed by atoms with van der Waals surface area (Å²) < 4.78 is 5.08. The number of carbonyl (C=O) groups excluding carboxylic acids is 2. The number of H-pyrrole nitrogens is 1. The van der Waals surface area contributed by atoms with E-state index in [0.29, 0.717) is 36.3 Å². The number of hydrogen-bond donors (Lipinski definition) is 3. The molecule has 1 aromatic carbocycles. The Labute approximate surface area is 145 Å². The molecular weight excluding hydrogens is 324 g/mol. The van der Waals surface area contributed by atoms with Crippen LogP contribution in [-0.2, 0) is 4.74 Å². The normalized spacial score (nSPS) is 15.5. The van der Waals surface area contributed by atoms with Crippen molar-refractivity contribution >= 4 is 28.5 Å². The third-order valence-electron chi connectivity index (χ3n) is 4.32. The smallest absolute Gasteiger partial charge is 0.321 e. The van der Waals surface area contributed by atoms with E-state index in [9.17, 15) is 9.59 Å². The molecule has 9 nitrogen and oxygen atoms in total. The molecule has 9 heteroatoms. The average Bonchev–Trinajstić information content (AvgIpc) is 3.04. The van der Waals surface area contributed by atoms with Crippen molar-refractivity contribution in [1.29, 1.82) is 0 Å². The zero-order valence-electron chi connectivity index (χ0n) is 14.1. The molecule has 0 unspecified atom stereocenters. The quantitative estimate of drug-likeness (QED) is 0.727. The maximum Gasteiger partial charge on any atom is 0.321 e. The minimum Gasteiger partial charge on any atom is -0.383 e. The molecule has 3 rings (SSSR count). The maximum atomic E-state index is 12.4. The number of aromatic amines is 1. The van der Waals surface area contributed by atoms with Gasteiger partial charge in [-0.1, -0.05) is 0 Å². The van der Waals surface area contributed by atoms with Crippen molar-refractivity contribution < 1.29 is 14.3 Å². The number of nitrogens with one attached hydrogen (secondary N) is 2. The average molecular weight is 346 g/mol. The van der Waals surface area contributed by atoms with Crippen LogP contribution >= 0.6 is 0 Å². The van der Waals surface area contributed by atoms with Gasteiger partial charge in [-0.2, -0.15) is 5.10 Å². The second-order valence-corrected chi connectivity index (χ2v) is 5.95. The highest BCUT2D eigenvalue weighted by Gasteiger charge is 2.21. The van der Waals surface area contributed by atoms with E-state index in [-0.39, 0.29) is 11.7 Å². The largest absolute Gasteiger partial charge is 0.383 e. The molecule has 2 heterocycles. The van der Waals surface area contributed by atoms with E-state index >= 15 is 0 Å². The van der Waals surface area contributed by atoms with Gasteiger partial charge in [-0.3, -0.25) is 14.8 Å². The first-order chi connectivity index (χ1) is 12.1. The fourth-order valence-electron chi connectivity index (χ4n) is 2.88. The van der Waals surface area contributed by atoms with Gasteiger partial charge in [0.1, 0.15) is 0 Å². The Bertz CT molecular complexity index is 766. The van der Waals surface area contributed by atoms with Gasteiger partial charge >= 0.3 is 6.03 Å². The van der Waals surface area contributed by atoms with Gasteiger partial charge in [-0.15, -0.1) is 0 Å². The number of urea groups is 1. The third kappa shape index (κ3) is 3.89. The van der Waals surface area contributed by atoms with E-state index < -0.39 is 5.91 Å². The molecule has 1 saturated heterocycles. The number of ether oxygens (including phenoxy) is 1. The first-order valence-electron chi connectivity index (χ1n) is 8.13. The number of amides is 3. The van der Waals surface area contributed by atoms with Crippen LogP contribution in [0.2, 0.25) is 0 Å². The molecule has 1 aliphatic rings. The lowest BCUT2D eigenvalue weighted by molar-refractivity contribution is 0.0997. The summed E-state index contributed by atoms with van der Waals surface area (Å²) in [4.78, 5) is 27.9. The first-order valence-corrected chi connectivity index (χ1v) is 8.13. The summed E-state index contributed by atoms with van der Waals surface area (Å²) in [7, 11) is 1.68. The first kappa shape index (κ1) is 17.2. The van der Waals surface area contributed by atoms with Gasteiger partial charge in [0.25, 0.3) is 5.91 Å². The van der Waals surface area contributed by atoms with Gasteiger partial charge in [0.05, 0.1) is 12.1 Å². The standard InChI is InChI=1S/C16H22N6O3/c1-25-9-8-21-4-6-22(7-5-21)16(24)18-11-2-3-13-12(10-11)14(15(17)23)20-19-13/h2-3,10H,4-9H2,1H3,(H2,17,23)(H,18,24)(H,19,20). The number of primary amides is 1. The predicted octanol–water partition coefficient (Wildman–Crippen LogP) is 0.458. The fraction of sp³-hybridized carbons (Fsp3) is 0.438. The topological polar surface area (TPSA) is 117 Å². The second kappa shape index (κ2) is 7.49. The van der Waals surface area contributed by atoms with E-state index in [1.54, 1.807) is 30.2 Å². The molecular formula is C16H22N6O3. The summed E-state index contributed by atoms with van der Waals surface area (Å²) in [6, 6.07) is 5.06. The van der Waals surface area contributed by atoms with Crippen LogP contribution in [0.5, 0.6) is 0 Å². The minimum atomic E-state index is -0.609. The number of aromatic nitrogens is 2. The van der Waals surface area contributed by atoms with Crippen LogP contribution in [0.4, 0.5) is 10.5 Å². The number of hydrogen-bond acceptors (Lipinski definition) is 5. The molecule has 3 amide bonds. The van der Waals surface area contributed by atoms with Gasteiger partial charge in [0, 0.05) is 50.9 Å². The number of methoxy groups -OCH3 is 1. The molecule has 2 aromatic rings. The Kier molecular flexibility index (Phi) is 5.15. The van der Waals surface area contributed by atoms with Crippen molar-refractivity contribution in [3.63, 3.8) is 0 Å². The molecule has 0 saturated carbocycles. The molecule has 1 aromatic heterocycles. The predicted molar refractivity (Wildman–Crippen MR) is 93.5 cm³/mol. The number of benzene rings is 1. The summed E-state index contributed by atoms with van der Waals surface area (Å²) in [5, 5.41) is 10.1. The zero-order valence-corrected chi connectivity index (χ0v) is 14.1. The molecule has 0 atom stereocenters. The lowest BCUT2D eigenvalue weighted by atomic mass is 10.2. The van der Waals surface area contributed by atoms with Crippen molar-refractivity contribution in [2.45, 2.75) is 0 Å². The lowest BCUT2D eigenvalue weighted by Gasteiger charge is -2.34. The molecule has 0 radical (unpaired) electrons. The zero-order chi connectivity index (χ0) is 17.8. The van der Waals surface area contributed by atoms with E-state index in [4.69, 9.17) is 10.5 Å². The van der Waals surface area contributed by atoms with Gasteiger partial charge in [-0.25, -0.2) is 4.79 Å². The van der Waals surface area contributed by atoms with Gasteiger partial charge in [0.15, 0.2) is 5.69 Å². The van der Waals surface area contributed by atoms with Crippen molar-refractivity contribution in [3.05, 3.63) is 23.9 Å². The van der Waals surface area contributed by atoms with Crippen LogP contribution in [0, 0.1) is 0 Å². The van der Waals surface area contributed by atoms with Gasteiger partial charge in [-0.05, 0) is 18.2 Å². The number of piperazine rings is 1. The van der Waals surface area contributed by atoms with Crippen molar-refractivity contribution in [3.8, 4) is 0 Å². The highest BCUT2D eigenvalue weighted by Crippen LogP contribution is 2.21. The summed E-state index contributed by atoms with van der Waals surface area (Å²) in [6.45, 7) is 4.54. The number of rotatable bonds is 5. The van der Waals surface area contributed by atoms with Crippen LogP contribution in [-0.4, -0.2) is 78.4 Å². The molecule has 0 spiro atoms. The highest BCUT2D eigenvalue weighted by atomic mass is 16.5. The summed E-state index contributed by atoms with van der Waals surface area (Å²) in [5.74, 6) is -0.609. The lowest BCUT2D eigenvalue weighted by Crippen LogP contribution is -2.50. The van der Waals surface area contributed by atoms with Crippen LogP contribution in [0.3, 0.4) is 0 Å². The van der Waals surface area contributed by atoms with Crippen LogP contribution in [0.1, 0.15) is 10.5 Å². The van der Waals surface area contributed by atoms with Crippen molar-refractivity contribution in [1.82, 2.24) is 20.0 Å². The molecule has 134 valence electrons. The number of nitrogens with two attached hydrogens (primary N) is 1. The highest BCUT2D eigenvalue weighted by molar-refractivity contribution is 6.05. The Morgan fingerprint density at radius 3 is 2.76 bits per heavy atom. The Balaban J connectivity index is 1.62. The molecule has 4 N–H and O–H groups in total. The van der Waals surface area contributed by atoms with Crippen LogP contribution < -0.4 is 11.1 Å². The van der Waals surface area contributed by atoms with Crippen LogP contribution in [0.25, 0.3) is 10.9 Å². The van der Waals surface area contributed by atoms with E-state index in [2.05, 4.69) is 20.4 Å². The van der Waals surface area contributed by atoms with E-state index in [0.717, 1.165) is 19.6 Å². The summed E-state index contributed by atoms with van der Waals surface area (Å²) in [5.41, 5.74) is 6.77. The molecule has 0 bridgehead atoms. The number of nitrogens with zero attached hydrogens (tertiary/aromatic N) is 3. The second-order valence-electron chi connectivity index (χ2n) is 5.95. The fourth-order valence-corrected chi connectivity index (χ4v) is 2.88. The Hall–Kier alpha value is -2.65. The van der Waals surface area contributed by atoms with Crippen molar-refractivity contribution in [2.24, 2.45) is 5.73 Å². The van der Waals surface area contributed by atoms with E-state index in [1.807, 2.05) is 0 Å². The Morgan fingerprint density at radius 1 is 1.32 bits per heavy atom. The maximum absolute atomic E-state index is 12.4. The number of fused-ring (bicyclic) bond motifs is 1. The molecule has 1 aliphatic heterocycles. The molecule has 1 fully saturated rings. The number of anilines is 1. The number of carbonyl (C=O) groups is 2.